The Bertz CT molecular complexity index is 454. The fourth-order valence-electron chi connectivity index (χ4n) is 1.02. The molecule has 0 aromatic heterocycles. The summed E-state index contributed by atoms with van der Waals surface area (Å²) >= 11 is 4.68. The van der Waals surface area contributed by atoms with Crippen molar-refractivity contribution in [2.75, 3.05) is 6.61 Å². The van der Waals surface area contributed by atoms with Crippen molar-refractivity contribution in [1.29, 1.82) is 0 Å². The molecule has 98 valence electrons. The van der Waals surface area contributed by atoms with E-state index in [2.05, 4.69) is 15.9 Å². The Hall–Kier alpha value is -0.570. The van der Waals surface area contributed by atoms with E-state index < -0.39 is 18.8 Å². The van der Waals surface area contributed by atoms with Crippen LogP contribution in [0.2, 0.25) is 0 Å². The van der Waals surface area contributed by atoms with Gasteiger partial charge in [-0.25, -0.2) is 4.79 Å². The third-order valence-corrected chi connectivity index (χ3v) is 2.89. The van der Waals surface area contributed by atoms with Crippen molar-refractivity contribution in [2.24, 2.45) is 0 Å². The standard InChI is InChI=1S/C11H7BrF3IO2/c12-8-3-1-7(2-4-8)10(17)18-6-9(16)5-11(13,14)15/h1-5H,6H2. The largest absolute Gasteiger partial charge is 0.457 e. The minimum atomic E-state index is -4.40. The monoisotopic (exact) mass is 434 g/mol. The van der Waals surface area contributed by atoms with E-state index in [-0.39, 0.29) is 15.2 Å². The SMILES string of the molecule is O=C(OCC(I)=CC(F)(F)F)c1ccc(Br)cc1. The van der Waals surface area contributed by atoms with Gasteiger partial charge in [-0.1, -0.05) is 15.9 Å². The third kappa shape index (κ3) is 5.85. The minimum absolute atomic E-state index is 0.0921. The molecule has 0 saturated carbocycles. The maximum atomic E-state index is 12.0. The highest BCUT2D eigenvalue weighted by atomic mass is 127. The summed E-state index contributed by atoms with van der Waals surface area (Å²) in [6, 6.07) is 6.33. The topological polar surface area (TPSA) is 26.3 Å². The quantitative estimate of drug-likeness (QED) is 0.517. The summed E-state index contributed by atoms with van der Waals surface area (Å²) in [5.74, 6) is -0.660. The molecule has 0 aliphatic heterocycles. The normalized spacial score (nSPS) is 12.4. The summed E-state index contributed by atoms with van der Waals surface area (Å²) in [5.41, 5.74) is 0.286. The number of hydrogen-bond donors (Lipinski definition) is 0. The number of hydrogen-bond acceptors (Lipinski definition) is 2. The van der Waals surface area contributed by atoms with Crippen molar-refractivity contribution in [1.82, 2.24) is 0 Å². The molecule has 1 aromatic rings. The number of carbonyl (C=O) groups excluding carboxylic acids is 1. The molecule has 0 heterocycles. The van der Waals surface area contributed by atoms with Crippen LogP contribution in [0.25, 0.3) is 0 Å². The van der Waals surface area contributed by atoms with Crippen molar-refractivity contribution in [2.45, 2.75) is 6.18 Å². The van der Waals surface area contributed by atoms with Gasteiger partial charge in [0, 0.05) is 14.1 Å². The van der Waals surface area contributed by atoms with E-state index in [0.29, 0.717) is 0 Å². The average molecular weight is 435 g/mol. The second kappa shape index (κ2) is 6.55. The molecule has 0 aliphatic rings. The first-order valence-corrected chi connectivity index (χ1v) is 6.52. The Morgan fingerprint density at radius 2 is 1.89 bits per heavy atom. The molecule has 2 nitrogen and oxygen atoms in total. The minimum Gasteiger partial charge on any atom is -0.457 e. The zero-order chi connectivity index (χ0) is 13.8. The van der Waals surface area contributed by atoms with E-state index in [1.165, 1.54) is 34.7 Å². The van der Waals surface area contributed by atoms with Crippen LogP contribution in [0.4, 0.5) is 13.2 Å². The van der Waals surface area contributed by atoms with Gasteiger partial charge in [-0.2, -0.15) is 13.2 Å². The predicted octanol–water partition coefficient (Wildman–Crippen LogP) is 4.49. The maximum absolute atomic E-state index is 12.0. The smallest absolute Gasteiger partial charge is 0.410 e. The van der Waals surface area contributed by atoms with Crippen molar-refractivity contribution < 1.29 is 22.7 Å². The van der Waals surface area contributed by atoms with Gasteiger partial charge in [0.1, 0.15) is 6.61 Å². The molecule has 0 fully saturated rings. The first kappa shape index (κ1) is 15.5. The number of benzene rings is 1. The third-order valence-electron chi connectivity index (χ3n) is 1.74. The van der Waals surface area contributed by atoms with Crippen LogP contribution in [-0.2, 0) is 4.74 Å². The number of ether oxygens (including phenoxy) is 1. The van der Waals surface area contributed by atoms with E-state index in [1.807, 2.05) is 0 Å². The van der Waals surface area contributed by atoms with E-state index in [4.69, 9.17) is 4.74 Å². The second-order valence-electron chi connectivity index (χ2n) is 3.22. The first-order chi connectivity index (χ1) is 8.28. The Balaban J connectivity index is 2.57. The summed E-state index contributed by atoms with van der Waals surface area (Å²) < 4.78 is 41.4. The van der Waals surface area contributed by atoms with Crippen molar-refractivity contribution >= 4 is 44.5 Å². The number of rotatable bonds is 3. The van der Waals surface area contributed by atoms with Gasteiger partial charge in [-0.15, -0.1) is 0 Å². The number of halogens is 5. The van der Waals surface area contributed by atoms with Crippen LogP contribution < -0.4 is 0 Å². The highest BCUT2D eigenvalue weighted by Gasteiger charge is 2.24. The van der Waals surface area contributed by atoms with Crippen molar-refractivity contribution in [3.05, 3.63) is 44.0 Å². The van der Waals surface area contributed by atoms with E-state index in [1.54, 1.807) is 12.1 Å². The molecule has 18 heavy (non-hydrogen) atoms. The number of carbonyl (C=O) groups is 1. The lowest BCUT2D eigenvalue weighted by atomic mass is 10.2. The predicted molar refractivity (Wildman–Crippen MR) is 72.6 cm³/mol. The second-order valence-corrected chi connectivity index (χ2v) is 5.52. The van der Waals surface area contributed by atoms with Gasteiger partial charge in [0.15, 0.2) is 0 Å². The molecule has 0 radical (unpaired) electrons. The highest BCUT2D eigenvalue weighted by molar-refractivity contribution is 14.1. The van der Waals surface area contributed by atoms with Crippen LogP contribution >= 0.6 is 38.5 Å². The van der Waals surface area contributed by atoms with Crippen LogP contribution in [0, 0.1) is 0 Å². The van der Waals surface area contributed by atoms with Gasteiger partial charge in [0.25, 0.3) is 0 Å². The molecule has 1 aromatic carbocycles. The van der Waals surface area contributed by atoms with Gasteiger partial charge in [0.2, 0.25) is 0 Å². The summed E-state index contributed by atoms with van der Waals surface area (Å²) in [5, 5.41) is 0. The van der Waals surface area contributed by atoms with Crippen LogP contribution in [0.3, 0.4) is 0 Å². The van der Waals surface area contributed by atoms with Crippen molar-refractivity contribution in [3.63, 3.8) is 0 Å². The first-order valence-electron chi connectivity index (χ1n) is 4.64. The van der Waals surface area contributed by atoms with Crippen LogP contribution in [0.1, 0.15) is 10.4 Å². The molecule has 0 spiro atoms. The molecule has 0 unspecified atom stereocenters. The summed E-state index contributed by atoms with van der Waals surface area (Å²) in [4.78, 5) is 11.5. The number of esters is 1. The van der Waals surface area contributed by atoms with Crippen molar-refractivity contribution in [3.8, 4) is 0 Å². The van der Waals surface area contributed by atoms with Crippen LogP contribution in [0.5, 0.6) is 0 Å². The number of alkyl halides is 3. The van der Waals surface area contributed by atoms with Gasteiger partial charge in [-0.3, -0.25) is 0 Å². The Kier molecular flexibility index (Phi) is 5.64. The van der Waals surface area contributed by atoms with E-state index in [0.717, 1.165) is 4.47 Å². The maximum Gasteiger partial charge on any atom is 0.410 e. The zero-order valence-electron chi connectivity index (χ0n) is 8.80. The summed E-state index contributed by atoms with van der Waals surface area (Å²) in [6.45, 7) is -0.394. The molecule has 1 rings (SSSR count). The molecule has 0 saturated heterocycles. The molecule has 7 heteroatoms. The van der Waals surface area contributed by atoms with Crippen LogP contribution in [-0.4, -0.2) is 18.8 Å². The zero-order valence-corrected chi connectivity index (χ0v) is 12.5. The molecular formula is C11H7BrF3IO2. The Morgan fingerprint density at radius 1 is 1.33 bits per heavy atom. The summed E-state index contributed by atoms with van der Waals surface area (Å²) in [6.07, 6.45) is -4.30. The molecule has 0 amide bonds. The van der Waals surface area contributed by atoms with Crippen LogP contribution in [0.15, 0.2) is 38.4 Å². The van der Waals surface area contributed by atoms with Gasteiger partial charge >= 0.3 is 12.1 Å². The highest BCUT2D eigenvalue weighted by Crippen LogP contribution is 2.22. The summed E-state index contributed by atoms with van der Waals surface area (Å²) in [7, 11) is 0. The lowest BCUT2D eigenvalue weighted by Crippen LogP contribution is -2.08. The number of allylic oxidation sites excluding steroid dienone is 1. The van der Waals surface area contributed by atoms with E-state index in [9.17, 15) is 18.0 Å². The fourth-order valence-corrected chi connectivity index (χ4v) is 1.80. The molecule has 0 aliphatic carbocycles. The molecular weight excluding hydrogens is 428 g/mol. The fraction of sp³-hybridized carbons (Fsp3) is 0.182. The molecule has 0 bridgehead atoms. The van der Waals surface area contributed by atoms with E-state index >= 15 is 0 Å². The molecule has 0 N–H and O–H groups in total. The average Bonchev–Trinajstić information content (AvgIpc) is 2.24. The van der Waals surface area contributed by atoms with Gasteiger partial charge in [0.05, 0.1) is 5.56 Å². The lowest BCUT2D eigenvalue weighted by Gasteiger charge is -2.05. The Labute approximate surface area is 123 Å². The lowest BCUT2D eigenvalue weighted by molar-refractivity contribution is -0.0804. The molecule has 0 atom stereocenters. The Morgan fingerprint density at radius 3 is 2.39 bits per heavy atom. The van der Waals surface area contributed by atoms with Gasteiger partial charge in [-0.05, 0) is 46.9 Å². The van der Waals surface area contributed by atoms with Gasteiger partial charge < -0.3 is 4.74 Å².